The molecule has 0 saturated carbocycles. The third kappa shape index (κ3) is 4.27. The number of amides is 1. The van der Waals surface area contributed by atoms with Crippen LogP contribution in [-0.4, -0.2) is 28.9 Å². The van der Waals surface area contributed by atoms with Gasteiger partial charge < -0.3 is 9.53 Å². The van der Waals surface area contributed by atoms with Gasteiger partial charge in [0.1, 0.15) is 17.6 Å². The van der Waals surface area contributed by atoms with Gasteiger partial charge in [-0.1, -0.05) is 12.1 Å². The highest BCUT2D eigenvalue weighted by Gasteiger charge is 2.31. The molecule has 0 aliphatic rings. The number of rotatable bonds is 4. The molecule has 0 aromatic heterocycles. The van der Waals surface area contributed by atoms with Gasteiger partial charge in [0, 0.05) is 6.07 Å². The van der Waals surface area contributed by atoms with Crippen molar-refractivity contribution in [1.29, 1.82) is 0 Å². The predicted molar refractivity (Wildman–Crippen MR) is 77.3 cm³/mol. The van der Waals surface area contributed by atoms with Crippen molar-refractivity contribution in [2.45, 2.75) is 39.3 Å². The molecule has 0 fully saturated rings. The molecule has 0 aliphatic carbocycles. The molecule has 21 heavy (non-hydrogen) atoms. The van der Waals surface area contributed by atoms with Crippen molar-refractivity contribution >= 4 is 23.8 Å². The number of hydrogen-bond donors (Lipinski definition) is 0. The summed E-state index contributed by atoms with van der Waals surface area (Å²) in [6, 6.07) is 4.82. The maximum Gasteiger partial charge on any atom is 0.415 e. The molecule has 0 N–H and O–H groups in total. The molecule has 114 valence electrons. The SMILES string of the molecule is C[C@@H](C=O)N(C(=O)OC(C)(C)C)c1ccccc1[N+](=O)[O-]. The van der Waals surface area contributed by atoms with Crippen LogP contribution < -0.4 is 4.90 Å². The fraction of sp³-hybridized carbons (Fsp3) is 0.429. The van der Waals surface area contributed by atoms with Crippen molar-refractivity contribution < 1.29 is 19.2 Å². The Bertz CT molecular complexity index is 551. The summed E-state index contributed by atoms with van der Waals surface area (Å²) in [6.45, 7) is 6.49. The van der Waals surface area contributed by atoms with Crippen LogP contribution in [0, 0.1) is 10.1 Å². The summed E-state index contributed by atoms with van der Waals surface area (Å²) in [6.07, 6.45) is -0.280. The van der Waals surface area contributed by atoms with E-state index >= 15 is 0 Å². The van der Waals surface area contributed by atoms with Crippen LogP contribution in [0.4, 0.5) is 16.2 Å². The van der Waals surface area contributed by atoms with Gasteiger partial charge in [0.05, 0.1) is 11.0 Å². The summed E-state index contributed by atoms with van der Waals surface area (Å²) in [5.41, 5.74) is -1.02. The summed E-state index contributed by atoms with van der Waals surface area (Å²) in [5.74, 6) is 0. The van der Waals surface area contributed by atoms with Crippen LogP contribution in [0.1, 0.15) is 27.7 Å². The zero-order chi connectivity index (χ0) is 16.2. The molecule has 1 amide bonds. The Morgan fingerprint density at radius 2 is 1.95 bits per heavy atom. The van der Waals surface area contributed by atoms with Crippen molar-refractivity contribution in [3.8, 4) is 0 Å². The van der Waals surface area contributed by atoms with Gasteiger partial charge >= 0.3 is 6.09 Å². The monoisotopic (exact) mass is 294 g/mol. The average Bonchev–Trinajstić information content (AvgIpc) is 2.37. The van der Waals surface area contributed by atoms with Gasteiger partial charge in [0.25, 0.3) is 5.69 Å². The standard InChI is InChI=1S/C14H18N2O5/c1-10(9-17)15(13(18)21-14(2,3)4)11-7-5-6-8-12(11)16(19)20/h5-10H,1-4H3/t10-/m0/s1. The van der Waals surface area contributed by atoms with Crippen LogP contribution in [0.25, 0.3) is 0 Å². The Morgan fingerprint density at radius 3 is 2.43 bits per heavy atom. The highest BCUT2D eigenvalue weighted by atomic mass is 16.6. The molecule has 0 bridgehead atoms. The summed E-state index contributed by atoms with van der Waals surface area (Å²) < 4.78 is 5.22. The van der Waals surface area contributed by atoms with Gasteiger partial charge in [-0.2, -0.15) is 0 Å². The lowest BCUT2D eigenvalue weighted by Gasteiger charge is -2.29. The van der Waals surface area contributed by atoms with Crippen molar-refractivity contribution in [3.05, 3.63) is 34.4 Å². The molecule has 1 atom stereocenters. The normalized spacial score (nSPS) is 12.4. The number of carbonyl (C=O) groups excluding carboxylic acids is 2. The molecule has 7 nitrogen and oxygen atoms in total. The molecule has 0 heterocycles. The molecular formula is C14H18N2O5. The Morgan fingerprint density at radius 1 is 1.38 bits per heavy atom. The number of nitro groups is 1. The van der Waals surface area contributed by atoms with E-state index in [1.807, 2.05) is 0 Å². The minimum atomic E-state index is -0.888. The smallest absolute Gasteiger partial charge is 0.415 e. The molecular weight excluding hydrogens is 276 g/mol. The lowest BCUT2D eigenvalue weighted by Crippen LogP contribution is -2.43. The number of ether oxygens (including phenoxy) is 1. The fourth-order valence-corrected chi connectivity index (χ4v) is 1.68. The Kier molecular flexibility index (Phi) is 5.02. The second-order valence-electron chi connectivity index (χ2n) is 5.47. The van der Waals surface area contributed by atoms with Gasteiger partial charge in [0.2, 0.25) is 0 Å². The number of carbonyl (C=O) groups is 2. The molecule has 7 heteroatoms. The first kappa shape index (κ1) is 16.6. The molecule has 0 unspecified atom stereocenters. The van der Waals surface area contributed by atoms with E-state index < -0.39 is 22.7 Å². The van der Waals surface area contributed by atoms with Gasteiger partial charge in [-0.25, -0.2) is 4.79 Å². The number of para-hydroxylation sites is 2. The van der Waals surface area contributed by atoms with E-state index in [9.17, 15) is 19.7 Å². The van der Waals surface area contributed by atoms with Crippen LogP contribution in [0.2, 0.25) is 0 Å². The van der Waals surface area contributed by atoms with E-state index in [1.54, 1.807) is 26.8 Å². The van der Waals surface area contributed by atoms with E-state index in [1.165, 1.54) is 25.1 Å². The zero-order valence-corrected chi connectivity index (χ0v) is 12.4. The lowest BCUT2D eigenvalue weighted by atomic mass is 10.2. The third-order valence-corrected chi connectivity index (χ3v) is 2.53. The van der Waals surface area contributed by atoms with Gasteiger partial charge in [-0.15, -0.1) is 0 Å². The zero-order valence-electron chi connectivity index (χ0n) is 12.4. The molecule has 1 aromatic carbocycles. The van der Waals surface area contributed by atoms with E-state index in [2.05, 4.69) is 0 Å². The highest BCUT2D eigenvalue weighted by molar-refractivity contribution is 5.95. The van der Waals surface area contributed by atoms with Crippen molar-refractivity contribution in [1.82, 2.24) is 0 Å². The average molecular weight is 294 g/mol. The van der Waals surface area contributed by atoms with Crippen LogP contribution in [0.3, 0.4) is 0 Å². The van der Waals surface area contributed by atoms with Gasteiger partial charge in [0.15, 0.2) is 0 Å². The second kappa shape index (κ2) is 6.34. The van der Waals surface area contributed by atoms with Crippen LogP contribution >= 0.6 is 0 Å². The Labute approximate surface area is 122 Å². The first-order valence-electron chi connectivity index (χ1n) is 6.38. The van der Waals surface area contributed by atoms with Crippen LogP contribution in [0.5, 0.6) is 0 Å². The summed E-state index contributed by atoms with van der Waals surface area (Å²) in [4.78, 5) is 34.8. The largest absolute Gasteiger partial charge is 0.443 e. The minimum absolute atomic E-state index is 0.0244. The topological polar surface area (TPSA) is 89.8 Å². The first-order chi connectivity index (χ1) is 9.67. The number of nitro benzene ring substituents is 1. The highest BCUT2D eigenvalue weighted by Crippen LogP contribution is 2.30. The van der Waals surface area contributed by atoms with Crippen molar-refractivity contribution in [3.63, 3.8) is 0 Å². The molecule has 0 radical (unpaired) electrons. The molecule has 1 aromatic rings. The summed E-state index contributed by atoms with van der Waals surface area (Å²) in [5, 5.41) is 11.1. The van der Waals surface area contributed by atoms with E-state index in [4.69, 9.17) is 4.74 Å². The van der Waals surface area contributed by atoms with E-state index in [0.717, 1.165) is 4.90 Å². The Hall–Kier alpha value is -2.44. The number of hydrogen-bond acceptors (Lipinski definition) is 5. The lowest BCUT2D eigenvalue weighted by molar-refractivity contribution is -0.384. The maximum atomic E-state index is 12.3. The van der Waals surface area contributed by atoms with E-state index in [0.29, 0.717) is 6.29 Å². The van der Waals surface area contributed by atoms with Gasteiger partial charge in [-0.05, 0) is 33.8 Å². The van der Waals surface area contributed by atoms with Crippen molar-refractivity contribution in [2.75, 3.05) is 4.90 Å². The number of benzene rings is 1. The second-order valence-corrected chi connectivity index (χ2v) is 5.47. The molecule has 0 spiro atoms. The first-order valence-corrected chi connectivity index (χ1v) is 6.38. The maximum absolute atomic E-state index is 12.3. The summed E-state index contributed by atoms with van der Waals surface area (Å²) >= 11 is 0. The van der Waals surface area contributed by atoms with E-state index in [-0.39, 0.29) is 11.4 Å². The van der Waals surface area contributed by atoms with Gasteiger partial charge in [-0.3, -0.25) is 15.0 Å². The third-order valence-electron chi connectivity index (χ3n) is 2.53. The number of anilines is 1. The molecule has 0 saturated heterocycles. The number of aldehydes is 1. The quantitative estimate of drug-likeness (QED) is 0.484. The van der Waals surface area contributed by atoms with Crippen LogP contribution in [-0.2, 0) is 9.53 Å². The molecule has 1 rings (SSSR count). The fourth-order valence-electron chi connectivity index (χ4n) is 1.68. The minimum Gasteiger partial charge on any atom is -0.443 e. The Balaban J connectivity index is 3.30. The molecule has 0 aliphatic heterocycles. The van der Waals surface area contributed by atoms with Crippen molar-refractivity contribution in [2.24, 2.45) is 0 Å². The predicted octanol–water partition coefficient (Wildman–Crippen LogP) is 2.92. The number of nitrogens with zero attached hydrogens (tertiary/aromatic N) is 2. The summed E-state index contributed by atoms with van der Waals surface area (Å²) in [7, 11) is 0. The van der Waals surface area contributed by atoms with Crippen LogP contribution in [0.15, 0.2) is 24.3 Å².